The van der Waals surface area contributed by atoms with E-state index in [2.05, 4.69) is 22.8 Å². The number of aromatic nitrogens is 3. The van der Waals surface area contributed by atoms with Gasteiger partial charge >= 0.3 is 0 Å². The van der Waals surface area contributed by atoms with E-state index in [0.717, 1.165) is 59.0 Å². The number of β-lactam (4-membered cyclic amide) rings is 1. The number of aliphatic hydroxyl groups is 1. The maximum atomic E-state index is 11.8. The molecule has 4 aromatic rings. The number of anilines is 4. The lowest BCUT2D eigenvalue weighted by atomic mass is 9.93. The Bertz CT molecular complexity index is 1380. The van der Waals surface area contributed by atoms with E-state index in [4.69, 9.17) is 15.0 Å². The fourth-order valence-electron chi connectivity index (χ4n) is 4.76. The van der Waals surface area contributed by atoms with Crippen molar-refractivity contribution in [2.75, 3.05) is 22.1 Å². The van der Waals surface area contributed by atoms with E-state index in [-0.39, 0.29) is 18.1 Å². The van der Waals surface area contributed by atoms with Gasteiger partial charge in [-0.15, -0.1) is 0 Å². The van der Waals surface area contributed by atoms with Crippen molar-refractivity contribution in [1.82, 2.24) is 15.0 Å². The molecular formula is C27H28N6O2S. The van der Waals surface area contributed by atoms with Crippen LogP contribution in [0.1, 0.15) is 43.4 Å². The van der Waals surface area contributed by atoms with Gasteiger partial charge in [0.15, 0.2) is 5.13 Å². The maximum absolute atomic E-state index is 11.8. The summed E-state index contributed by atoms with van der Waals surface area (Å²) in [6.45, 7) is 0.773. The SMILES string of the molecule is O=C1CCN1c1ccc2nc(Nc3cc(Cc4ccccc4)nc(N[C@H]4CC[C@H](O)CC4)n3)sc2c1. The minimum Gasteiger partial charge on any atom is -0.393 e. The first-order chi connectivity index (χ1) is 17.6. The molecule has 1 amide bonds. The zero-order valence-corrected chi connectivity index (χ0v) is 20.7. The summed E-state index contributed by atoms with van der Waals surface area (Å²) in [6, 6.07) is 18.4. The zero-order chi connectivity index (χ0) is 24.5. The predicted octanol–water partition coefficient (Wildman–Crippen LogP) is 4.87. The Kier molecular flexibility index (Phi) is 6.25. The second-order valence-corrected chi connectivity index (χ2v) is 10.5. The molecule has 9 heteroatoms. The third-order valence-corrected chi connectivity index (χ3v) is 7.74. The molecule has 2 aromatic heterocycles. The van der Waals surface area contributed by atoms with Crippen molar-refractivity contribution in [3.8, 4) is 0 Å². The average Bonchev–Trinajstić information content (AvgIpc) is 3.26. The van der Waals surface area contributed by atoms with Crippen LogP contribution in [0, 0.1) is 0 Å². The van der Waals surface area contributed by atoms with E-state index >= 15 is 0 Å². The lowest BCUT2D eigenvalue weighted by Crippen LogP contribution is -2.43. The largest absolute Gasteiger partial charge is 0.393 e. The summed E-state index contributed by atoms with van der Waals surface area (Å²) in [6.07, 6.45) is 4.50. The van der Waals surface area contributed by atoms with Crippen LogP contribution in [0.4, 0.5) is 22.6 Å². The highest BCUT2D eigenvalue weighted by molar-refractivity contribution is 7.22. The Morgan fingerprint density at radius 1 is 1.00 bits per heavy atom. The first-order valence-corrected chi connectivity index (χ1v) is 13.3. The van der Waals surface area contributed by atoms with Crippen LogP contribution >= 0.6 is 11.3 Å². The predicted molar refractivity (Wildman–Crippen MR) is 143 cm³/mol. The van der Waals surface area contributed by atoms with Gasteiger partial charge < -0.3 is 20.6 Å². The molecule has 0 spiro atoms. The lowest BCUT2D eigenvalue weighted by Gasteiger charge is -2.30. The molecule has 1 saturated heterocycles. The second-order valence-electron chi connectivity index (χ2n) is 9.47. The molecule has 8 nitrogen and oxygen atoms in total. The number of benzene rings is 2. The van der Waals surface area contributed by atoms with Gasteiger partial charge in [-0.1, -0.05) is 41.7 Å². The fourth-order valence-corrected chi connectivity index (χ4v) is 5.66. The molecule has 1 saturated carbocycles. The molecule has 0 radical (unpaired) electrons. The van der Waals surface area contributed by atoms with Crippen LogP contribution in [-0.2, 0) is 11.2 Å². The molecule has 6 rings (SSSR count). The molecule has 0 bridgehead atoms. The smallest absolute Gasteiger partial charge is 0.228 e. The van der Waals surface area contributed by atoms with Crippen molar-refractivity contribution >= 4 is 50.0 Å². The third-order valence-electron chi connectivity index (χ3n) is 6.81. The van der Waals surface area contributed by atoms with Gasteiger partial charge in [0.2, 0.25) is 11.9 Å². The molecule has 0 unspecified atom stereocenters. The van der Waals surface area contributed by atoms with E-state index in [0.29, 0.717) is 24.6 Å². The molecule has 0 atom stereocenters. The van der Waals surface area contributed by atoms with Gasteiger partial charge in [-0.2, -0.15) is 4.98 Å². The number of carbonyl (C=O) groups is 1. The third kappa shape index (κ3) is 5.03. The number of amides is 1. The number of nitrogens with one attached hydrogen (secondary N) is 2. The molecule has 2 aliphatic rings. The van der Waals surface area contributed by atoms with Crippen molar-refractivity contribution < 1.29 is 9.90 Å². The lowest BCUT2D eigenvalue weighted by molar-refractivity contribution is -0.122. The number of rotatable bonds is 7. The van der Waals surface area contributed by atoms with Gasteiger partial charge in [0.25, 0.3) is 0 Å². The van der Waals surface area contributed by atoms with Gasteiger partial charge in [0.05, 0.1) is 22.0 Å². The van der Waals surface area contributed by atoms with Gasteiger partial charge in [-0.3, -0.25) is 4.79 Å². The molecule has 184 valence electrons. The molecule has 1 aliphatic heterocycles. The standard InChI is InChI=1S/C27H28N6O2S/c34-21-9-6-18(7-10-21)28-26-29-19(14-17-4-2-1-3-5-17)15-24(31-26)32-27-30-22-11-8-20(16-23(22)36-27)33-13-12-25(33)35/h1-5,8,11,15-16,18,21,34H,6-7,9-10,12-14H2,(H2,28,29,30,31,32)/t18-,21-. The summed E-state index contributed by atoms with van der Waals surface area (Å²) in [5.41, 5.74) is 3.90. The Hall–Kier alpha value is -3.56. The number of hydrogen-bond acceptors (Lipinski definition) is 8. The molecule has 2 fully saturated rings. The normalized spacial score (nSPS) is 19.8. The Morgan fingerprint density at radius 2 is 1.83 bits per heavy atom. The van der Waals surface area contributed by atoms with Crippen LogP contribution in [0.5, 0.6) is 0 Å². The summed E-state index contributed by atoms with van der Waals surface area (Å²) >= 11 is 1.54. The van der Waals surface area contributed by atoms with E-state index in [9.17, 15) is 9.90 Å². The number of thiazole rings is 1. The van der Waals surface area contributed by atoms with Crippen LogP contribution in [-0.4, -0.2) is 44.7 Å². The van der Waals surface area contributed by atoms with Gasteiger partial charge in [-0.25, -0.2) is 9.97 Å². The van der Waals surface area contributed by atoms with Crippen molar-refractivity contribution in [2.24, 2.45) is 0 Å². The highest BCUT2D eigenvalue weighted by Gasteiger charge is 2.25. The average molecular weight is 501 g/mol. The first-order valence-electron chi connectivity index (χ1n) is 12.4. The summed E-state index contributed by atoms with van der Waals surface area (Å²) in [5.74, 6) is 1.44. The van der Waals surface area contributed by atoms with Gasteiger partial charge in [0, 0.05) is 37.2 Å². The maximum Gasteiger partial charge on any atom is 0.228 e. The minimum absolute atomic E-state index is 0.164. The van der Waals surface area contributed by atoms with E-state index in [1.165, 1.54) is 5.56 Å². The summed E-state index contributed by atoms with van der Waals surface area (Å²) in [7, 11) is 0. The number of hydrogen-bond donors (Lipinski definition) is 3. The summed E-state index contributed by atoms with van der Waals surface area (Å²) < 4.78 is 1.02. The Morgan fingerprint density at radius 3 is 2.58 bits per heavy atom. The van der Waals surface area contributed by atoms with Crippen LogP contribution in [0.3, 0.4) is 0 Å². The summed E-state index contributed by atoms with van der Waals surface area (Å²) in [5, 5.41) is 17.5. The Labute approximate surface area is 213 Å². The van der Waals surface area contributed by atoms with Gasteiger partial charge in [-0.05, 0) is 49.4 Å². The molecule has 3 heterocycles. The van der Waals surface area contributed by atoms with Crippen molar-refractivity contribution in [1.29, 1.82) is 0 Å². The first kappa shape index (κ1) is 22.9. The minimum atomic E-state index is -0.204. The van der Waals surface area contributed by atoms with Gasteiger partial charge in [0.1, 0.15) is 5.82 Å². The van der Waals surface area contributed by atoms with Crippen molar-refractivity contribution in [2.45, 2.75) is 50.7 Å². The van der Waals surface area contributed by atoms with E-state index < -0.39 is 0 Å². The number of nitrogens with zero attached hydrogens (tertiary/aromatic N) is 4. The van der Waals surface area contributed by atoms with E-state index in [1.807, 2.05) is 42.5 Å². The number of carbonyl (C=O) groups excluding carboxylic acids is 1. The second kappa shape index (κ2) is 9.83. The molecule has 2 aromatic carbocycles. The summed E-state index contributed by atoms with van der Waals surface area (Å²) in [4.78, 5) is 27.9. The molecule has 36 heavy (non-hydrogen) atoms. The highest BCUT2D eigenvalue weighted by atomic mass is 32.1. The van der Waals surface area contributed by atoms with Crippen LogP contribution in [0.15, 0.2) is 54.6 Å². The molecular weight excluding hydrogens is 472 g/mol. The molecule has 3 N–H and O–H groups in total. The number of aliphatic hydroxyl groups excluding tert-OH is 1. The highest BCUT2D eigenvalue weighted by Crippen LogP contribution is 2.33. The van der Waals surface area contributed by atoms with Crippen molar-refractivity contribution in [3.63, 3.8) is 0 Å². The van der Waals surface area contributed by atoms with Crippen molar-refractivity contribution in [3.05, 3.63) is 65.9 Å². The molecule has 1 aliphatic carbocycles. The van der Waals surface area contributed by atoms with E-state index in [1.54, 1.807) is 16.2 Å². The fraction of sp³-hybridized carbons (Fsp3) is 0.333. The zero-order valence-electron chi connectivity index (χ0n) is 19.9. The van der Waals surface area contributed by atoms with Crippen LogP contribution in [0.2, 0.25) is 0 Å². The van der Waals surface area contributed by atoms with Crippen LogP contribution < -0.4 is 15.5 Å². The Balaban J connectivity index is 1.26. The number of fused-ring (bicyclic) bond motifs is 1. The quantitative estimate of drug-likeness (QED) is 0.311. The van der Waals surface area contributed by atoms with Crippen LogP contribution in [0.25, 0.3) is 10.2 Å². The monoisotopic (exact) mass is 500 g/mol. The topological polar surface area (TPSA) is 103 Å².